The van der Waals surface area contributed by atoms with Crippen molar-refractivity contribution in [1.29, 1.82) is 0 Å². The number of nitrogens with one attached hydrogen (secondary N) is 1. The Morgan fingerprint density at radius 2 is 1.78 bits per heavy atom. The minimum Gasteiger partial charge on any atom is -0.371 e. The molecule has 1 N–H and O–H groups in total. The molecule has 0 bridgehead atoms. The fourth-order valence-corrected chi connectivity index (χ4v) is 5.45. The fourth-order valence-electron chi connectivity index (χ4n) is 3.80. The van der Waals surface area contributed by atoms with Crippen molar-refractivity contribution in [3.05, 3.63) is 45.9 Å². The molecule has 0 radical (unpaired) electrons. The van der Waals surface area contributed by atoms with E-state index in [1.165, 1.54) is 23.5 Å². The predicted molar refractivity (Wildman–Crippen MR) is 122 cm³/mol. The van der Waals surface area contributed by atoms with Crippen molar-refractivity contribution >= 4 is 39.4 Å². The van der Waals surface area contributed by atoms with Crippen molar-refractivity contribution in [2.45, 2.75) is 39.8 Å². The molecule has 32 heavy (non-hydrogen) atoms. The number of aromatic nitrogens is 2. The van der Waals surface area contributed by atoms with Gasteiger partial charge in [-0.2, -0.15) is 13.2 Å². The fraction of sp³-hybridized carbons (Fsp3) is 0.409. The number of carbonyl (C=O) groups excluding carboxylic acids is 1. The number of hydrogen-bond donors (Lipinski definition) is 1. The number of carbonyl (C=O) groups is 1. The summed E-state index contributed by atoms with van der Waals surface area (Å²) >= 11 is 2.97. The average molecular weight is 481 g/mol. The molecule has 10 heteroatoms. The van der Waals surface area contributed by atoms with Crippen LogP contribution in [0.3, 0.4) is 0 Å². The van der Waals surface area contributed by atoms with Gasteiger partial charge in [-0.15, -0.1) is 22.7 Å². The molecule has 1 saturated heterocycles. The highest BCUT2D eigenvalue weighted by atomic mass is 32.1. The Morgan fingerprint density at radius 3 is 2.34 bits per heavy atom. The maximum Gasteiger partial charge on any atom is 0.416 e. The molecular formula is C22H23F3N4OS2. The third kappa shape index (κ3) is 4.66. The Labute approximate surface area is 192 Å². The molecule has 0 aliphatic carbocycles. The molecule has 0 atom stereocenters. The number of anilines is 2. The molecule has 5 nitrogen and oxygen atoms in total. The number of halogens is 3. The van der Waals surface area contributed by atoms with E-state index in [0.717, 1.165) is 39.1 Å². The van der Waals surface area contributed by atoms with Crippen LogP contribution in [0, 0.1) is 19.3 Å². The van der Waals surface area contributed by atoms with Crippen molar-refractivity contribution in [3.63, 3.8) is 0 Å². The van der Waals surface area contributed by atoms with Gasteiger partial charge in [0.2, 0.25) is 5.91 Å². The number of thiazole rings is 2. The smallest absolute Gasteiger partial charge is 0.371 e. The normalized spacial score (nSPS) is 16.2. The summed E-state index contributed by atoms with van der Waals surface area (Å²) in [6.07, 6.45) is -3.14. The van der Waals surface area contributed by atoms with E-state index in [-0.39, 0.29) is 5.91 Å². The molecule has 3 aromatic rings. The van der Waals surface area contributed by atoms with Gasteiger partial charge in [0.1, 0.15) is 0 Å². The van der Waals surface area contributed by atoms with Crippen LogP contribution in [0.2, 0.25) is 0 Å². The van der Waals surface area contributed by atoms with E-state index in [0.29, 0.717) is 31.1 Å². The molecule has 0 saturated carbocycles. The van der Waals surface area contributed by atoms with E-state index in [4.69, 9.17) is 0 Å². The van der Waals surface area contributed by atoms with Crippen molar-refractivity contribution in [2.24, 2.45) is 5.41 Å². The van der Waals surface area contributed by atoms with Gasteiger partial charge in [-0.3, -0.25) is 4.79 Å². The number of aryl methyl sites for hydroxylation is 2. The molecule has 1 amide bonds. The van der Waals surface area contributed by atoms with Crippen LogP contribution in [-0.4, -0.2) is 29.0 Å². The summed E-state index contributed by atoms with van der Waals surface area (Å²) in [4.78, 5) is 25.0. The Bertz CT molecular complexity index is 1110. The summed E-state index contributed by atoms with van der Waals surface area (Å²) in [5, 5.41) is 6.41. The highest BCUT2D eigenvalue weighted by Crippen LogP contribution is 2.37. The highest BCUT2D eigenvalue weighted by Gasteiger charge is 2.38. The molecule has 1 aliphatic rings. The van der Waals surface area contributed by atoms with Gasteiger partial charge < -0.3 is 10.2 Å². The molecule has 4 rings (SSSR count). The number of benzene rings is 1. The largest absolute Gasteiger partial charge is 0.416 e. The minimum absolute atomic E-state index is 0.0809. The van der Waals surface area contributed by atoms with Gasteiger partial charge in [0, 0.05) is 24.2 Å². The van der Waals surface area contributed by atoms with Gasteiger partial charge in [-0.05, 0) is 51.0 Å². The van der Waals surface area contributed by atoms with Gasteiger partial charge >= 0.3 is 6.18 Å². The van der Waals surface area contributed by atoms with E-state index >= 15 is 0 Å². The monoisotopic (exact) mass is 480 g/mol. The lowest BCUT2D eigenvalue weighted by Gasteiger charge is -2.39. The van der Waals surface area contributed by atoms with Crippen LogP contribution in [-0.2, 0) is 11.0 Å². The maximum atomic E-state index is 13.0. The average Bonchev–Trinajstić information content (AvgIpc) is 3.33. The molecule has 1 fully saturated rings. The van der Waals surface area contributed by atoms with Crippen molar-refractivity contribution < 1.29 is 18.0 Å². The van der Waals surface area contributed by atoms with Crippen LogP contribution in [0.25, 0.3) is 10.6 Å². The third-order valence-electron chi connectivity index (χ3n) is 5.84. The summed E-state index contributed by atoms with van der Waals surface area (Å²) in [6, 6.07) is 5.18. The standard InChI is InChI=1S/C22H23F3N4OS2/c1-13-18(32-14(2)26-13)17-12-31-20(27-17)28-19(30)21(3)8-10-29(11-9-21)16-6-4-15(5-7-16)22(23,24)25/h4-7,12H,8-11H2,1-3H3,(H,27,28,30). The van der Waals surface area contributed by atoms with Gasteiger partial charge in [0.05, 0.1) is 32.3 Å². The number of alkyl halides is 3. The second-order valence-electron chi connectivity index (χ2n) is 8.23. The summed E-state index contributed by atoms with van der Waals surface area (Å²) in [7, 11) is 0. The van der Waals surface area contributed by atoms with Crippen LogP contribution >= 0.6 is 22.7 Å². The van der Waals surface area contributed by atoms with E-state index < -0.39 is 17.2 Å². The maximum absolute atomic E-state index is 13.0. The molecule has 1 aliphatic heterocycles. The lowest BCUT2D eigenvalue weighted by Crippen LogP contribution is -2.45. The quantitative estimate of drug-likeness (QED) is 0.487. The Hall–Kier alpha value is -2.46. The first-order valence-electron chi connectivity index (χ1n) is 10.2. The first-order chi connectivity index (χ1) is 15.0. The summed E-state index contributed by atoms with van der Waals surface area (Å²) < 4.78 is 38.4. The SMILES string of the molecule is Cc1nc(C)c(-c2csc(NC(=O)C3(C)CCN(c4ccc(C(F)(F)F)cc4)CC3)n2)s1. The topological polar surface area (TPSA) is 58.1 Å². The molecular weight excluding hydrogens is 457 g/mol. The third-order valence-corrected chi connectivity index (χ3v) is 7.69. The lowest BCUT2D eigenvalue weighted by molar-refractivity contribution is -0.137. The number of rotatable bonds is 4. The number of nitrogens with zero attached hydrogens (tertiary/aromatic N) is 3. The zero-order valence-corrected chi connectivity index (χ0v) is 19.5. The molecule has 1 aromatic carbocycles. The highest BCUT2D eigenvalue weighted by molar-refractivity contribution is 7.16. The van der Waals surface area contributed by atoms with Gasteiger partial charge in [-0.1, -0.05) is 6.92 Å². The Morgan fingerprint density at radius 1 is 1.12 bits per heavy atom. The van der Waals surface area contributed by atoms with E-state index in [1.807, 2.05) is 31.1 Å². The van der Waals surface area contributed by atoms with Gasteiger partial charge in [-0.25, -0.2) is 9.97 Å². The first kappa shape index (κ1) is 22.7. The Balaban J connectivity index is 1.38. The van der Waals surface area contributed by atoms with Crippen molar-refractivity contribution in [1.82, 2.24) is 9.97 Å². The lowest BCUT2D eigenvalue weighted by atomic mass is 9.79. The molecule has 170 valence electrons. The predicted octanol–water partition coefficient (Wildman–Crippen LogP) is 6.15. The summed E-state index contributed by atoms with van der Waals surface area (Å²) in [5.74, 6) is -0.0809. The number of hydrogen-bond acceptors (Lipinski definition) is 6. The Kier molecular flexibility index (Phi) is 6.02. The second kappa shape index (κ2) is 8.47. The zero-order valence-electron chi connectivity index (χ0n) is 17.9. The van der Waals surface area contributed by atoms with Gasteiger partial charge in [0.15, 0.2) is 5.13 Å². The van der Waals surface area contributed by atoms with Crippen LogP contribution in [0.5, 0.6) is 0 Å². The summed E-state index contributed by atoms with van der Waals surface area (Å²) in [5.41, 5.74) is 1.26. The van der Waals surface area contributed by atoms with Crippen LogP contribution in [0.1, 0.15) is 36.0 Å². The van der Waals surface area contributed by atoms with Crippen LogP contribution in [0.4, 0.5) is 24.0 Å². The summed E-state index contributed by atoms with van der Waals surface area (Å²) in [6.45, 7) is 7.02. The second-order valence-corrected chi connectivity index (χ2v) is 10.3. The number of piperidine rings is 1. The molecule has 0 unspecified atom stereocenters. The van der Waals surface area contributed by atoms with E-state index in [2.05, 4.69) is 15.3 Å². The van der Waals surface area contributed by atoms with Crippen LogP contribution < -0.4 is 10.2 Å². The minimum atomic E-state index is -4.34. The molecule has 0 spiro atoms. The molecule has 3 heterocycles. The first-order valence-corrected chi connectivity index (χ1v) is 11.9. The van der Waals surface area contributed by atoms with Crippen molar-refractivity contribution in [3.8, 4) is 10.6 Å². The van der Waals surface area contributed by atoms with Crippen LogP contribution in [0.15, 0.2) is 29.6 Å². The van der Waals surface area contributed by atoms with Gasteiger partial charge in [0.25, 0.3) is 0 Å². The van der Waals surface area contributed by atoms with Crippen molar-refractivity contribution in [2.75, 3.05) is 23.3 Å². The number of amides is 1. The zero-order chi connectivity index (χ0) is 23.1. The molecule has 2 aromatic heterocycles. The van der Waals surface area contributed by atoms with E-state index in [1.54, 1.807) is 11.3 Å². The van der Waals surface area contributed by atoms with E-state index in [9.17, 15) is 18.0 Å².